The van der Waals surface area contributed by atoms with Crippen LogP contribution in [-0.4, -0.2) is 12.7 Å². The van der Waals surface area contributed by atoms with Gasteiger partial charge in [0.05, 0.1) is 6.10 Å². The van der Waals surface area contributed by atoms with Crippen molar-refractivity contribution in [3.05, 3.63) is 11.9 Å². The van der Waals surface area contributed by atoms with Gasteiger partial charge >= 0.3 is 0 Å². The predicted octanol–water partition coefficient (Wildman–Crippen LogP) is 5.94. The molecule has 0 bridgehead atoms. The number of halogens is 1. The molecule has 2 saturated carbocycles. The lowest BCUT2D eigenvalue weighted by atomic mass is 9.80. The van der Waals surface area contributed by atoms with Gasteiger partial charge in [-0.25, -0.2) is 0 Å². The molecule has 2 fully saturated rings. The Labute approximate surface area is 141 Å². The zero-order valence-electron chi connectivity index (χ0n) is 14.6. The fraction of sp³-hybridized carbons (Fsp3) is 0.850. The van der Waals surface area contributed by atoms with E-state index in [2.05, 4.69) is 6.92 Å². The average molecular weight is 321 g/mol. The Kier molecular flexibility index (Phi) is 8.09. The van der Waals surface area contributed by atoms with E-state index >= 15 is 0 Å². The third-order valence-electron chi connectivity index (χ3n) is 5.71. The van der Waals surface area contributed by atoms with Crippen LogP contribution in [0.5, 0.6) is 0 Å². The van der Waals surface area contributed by atoms with Gasteiger partial charge in [-0.2, -0.15) is 9.65 Å². The van der Waals surface area contributed by atoms with Gasteiger partial charge in [-0.15, -0.1) is 0 Å². The third-order valence-corrected chi connectivity index (χ3v) is 5.71. The second-order valence-electron chi connectivity index (χ2n) is 7.53. The molecule has 0 unspecified atom stereocenters. The van der Waals surface area contributed by atoms with Crippen LogP contribution in [0.4, 0.5) is 4.39 Å². The summed E-state index contributed by atoms with van der Waals surface area (Å²) in [5.74, 6) is 1.31. The van der Waals surface area contributed by atoms with Crippen molar-refractivity contribution in [2.75, 3.05) is 6.61 Å². The summed E-state index contributed by atoms with van der Waals surface area (Å²) in [6, 6.07) is 1.57. The molecule has 23 heavy (non-hydrogen) atoms. The lowest BCUT2D eigenvalue weighted by molar-refractivity contribution is -0.00671. The highest BCUT2D eigenvalue weighted by molar-refractivity contribution is 5.13. The molecule has 3 heteroatoms. The molecule has 2 aliphatic rings. The minimum absolute atomic E-state index is 0.225. The summed E-state index contributed by atoms with van der Waals surface area (Å²) in [6.07, 6.45) is 15.3. The highest BCUT2D eigenvalue weighted by Gasteiger charge is 2.24. The summed E-state index contributed by atoms with van der Waals surface area (Å²) in [7, 11) is 0. The number of hydrogen-bond acceptors (Lipinski definition) is 2. The van der Waals surface area contributed by atoms with Crippen LogP contribution < -0.4 is 0 Å². The molecule has 0 radical (unpaired) electrons. The fourth-order valence-electron chi connectivity index (χ4n) is 4.12. The van der Waals surface area contributed by atoms with E-state index in [9.17, 15) is 4.39 Å². The van der Waals surface area contributed by atoms with Crippen molar-refractivity contribution in [2.45, 2.75) is 83.7 Å². The van der Waals surface area contributed by atoms with E-state index in [0.29, 0.717) is 6.10 Å². The molecule has 0 aromatic carbocycles. The first-order valence-electron chi connectivity index (χ1n) is 9.60. The van der Waals surface area contributed by atoms with Gasteiger partial charge in [0.15, 0.2) is 5.83 Å². The van der Waals surface area contributed by atoms with Crippen molar-refractivity contribution in [3.8, 4) is 6.07 Å². The molecule has 0 amide bonds. The van der Waals surface area contributed by atoms with E-state index in [1.54, 1.807) is 6.07 Å². The van der Waals surface area contributed by atoms with Gasteiger partial charge in [0.1, 0.15) is 6.07 Å². The largest absolute Gasteiger partial charge is 0.378 e. The lowest BCUT2D eigenvalue weighted by Crippen LogP contribution is -2.25. The number of nitriles is 1. The quantitative estimate of drug-likeness (QED) is 0.544. The zero-order chi connectivity index (χ0) is 16.5. The Bertz CT molecular complexity index is 398. The topological polar surface area (TPSA) is 33.0 Å². The highest BCUT2D eigenvalue weighted by atomic mass is 19.1. The number of hydrogen-bond donors (Lipinski definition) is 0. The average Bonchev–Trinajstić information content (AvgIpc) is 2.60. The van der Waals surface area contributed by atoms with Crippen LogP contribution in [0.1, 0.15) is 77.6 Å². The maximum atomic E-state index is 13.0. The first-order valence-corrected chi connectivity index (χ1v) is 9.60. The van der Waals surface area contributed by atoms with Crippen LogP contribution in [0.3, 0.4) is 0 Å². The molecule has 0 saturated heterocycles. The van der Waals surface area contributed by atoms with Crippen LogP contribution >= 0.6 is 0 Å². The number of ether oxygens (including phenoxy) is 1. The van der Waals surface area contributed by atoms with Crippen molar-refractivity contribution in [1.82, 2.24) is 0 Å². The van der Waals surface area contributed by atoms with Crippen molar-refractivity contribution < 1.29 is 9.13 Å². The van der Waals surface area contributed by atoms with E-state index in [-0.39, 0.29) is 5.92 Å². The van der Waals surface area contributed by atoms with Gasteiger partial charge in [-0.1, -0.05) is 39.0 Å². The Morgan fingerprint density at radius 1 is 1.09 bits per heavy atom. The molecule has 0 aromatic heterocycles. The Morgan fingerprint density at radius 2 is 1.74 bits per heavy atom. The molecule has 2 nitrogen and oxygen atoms in total. The van der Waals surface area contributed by atoms with E-state index in [1.807, 2.05) is 0 Å². The summed E-state index contributed by atoms with van der Waals surface area (Å²) < 4.78 is 19.1. The smallest absolute Gasteiger partial charge is 0.196 e. The normalized spacial score (nSPS) is 32.5. The summed E-state index contributed by atoms with van der Waals surface area (Å²) in [4.78, 5) is 0. The van der Waals surface area contributed by atoms with Crippen LogP contribution in [0, 0.1) is 29.1 Å². The fourth-order valence-corrected chi connectivity index (χ4v) is 4.12. The first-order chi connectivity index (χ1) is 11.2. The number of rotatable bonds is 7. The Morgan fingerprint density at radius 3 is 2.35 bits per heavy atom. The van der Waals surface area contributed by atoms with E-state index in [4.69, 9.17) is 10.00 Å². The zero-order valence-corrected chi connectivity index (χ0v) is 14.6. The molecule has 0 atom stereocenters. The predicted molar refractivity (Wildman–Crippen MR) is 91.5 cm³/mol. The minimum Gasteiger partial charge on any atom is -0.378 e. The monoisotopic (exact) mass is 321 g/mol. The molecule has 0 N–H and O–H groups in total. The maximum absolute atomic E-state index is 13.0. The highest BCUT2D eigenvalue weighted by Crippen LogP contribution is 2.33. The third kappa shape index (κ3) is 6.63. The van der Waals surface area contributed by atoms with Crippen molar-refractivity contribution in [3.63, 3.8) is 0 Å². The summed E-state index contributed by atoms with van der Waals surface area (Å²) >= 11 is 0. The molecular weight excluding hydrogens is 289 g/mol. The van der Waals surface area contributed by atoms with Gasteiger partial charge in [0.2, 0.25) is 0 Å². The van der Waals surface area contributed by atoms with Crippen LogP contribution in [0.25, 0.3) is 0 Å². The summed E-state index contributed by atoms with van der Waals surface area (Å²) in [5.41, 5.74) is 0. The number of nitrogens with zero attached hydrogens (tertiary/aromatic N) is 1. The first kappa shape index (κ1) is 18.5. The molecule has 2 rings (SSSR count). The van der Waals surface area contributed by atoms with Crippen molar-refractivity contribution in [2.24, 2.45) is 17.8 Å². The van der Waals surface area contributed by atoms with Crippen LogP contribution in [0.2, 0.25) is 0 Å². The minimum atomic E-state index is -0.630. The second kappa shape index (κ2) is 10.1. The Balaban J connectivity index is 1.59. The number of unbranched alkanes of at least 4 members (excludes halogenated alkanes) is 1. The van der Waals surface area contributed by atoms with E-state index in [0.717, 1.165) is 44.1 Å². The van der Waals surface area contributed by atoms with E-state index in [1.165, 1.54) is 51.0 Å². The Hall–Kier alpha value is -0.880. The SMILES string of the molecule is CCCC[C@H]1CC[C@H](CO[C@H]2CC[C@H](/C=C(/F)C#N)CC2)CC1. The molecule has 130 valence electrons. The molecule has 2 aliphatic carbocycles. The molecule has 0 aromatic rings. The number of allylic oxidation sites excluding steroid dienone is 2. The molecule has 0 heterocycles. The van der Waals surface area contributed by atoms with Gasteiger partial charge in [-0.3, -0.25) is 0 Å². The standard InChI is InChI=1S/C20H32FNO/c1-2-3-4-16-5-7-18(8-6-16)15-23-20-11-9-17(10-12-20)13-19(21)14-22/h13,16-18,20H,2-12,15H2,1H3/b19-13+/t16-,17-,18-,20-. The van der Waals surface area contributed by atoms with Gasteiger partial charge in [-0.05, 0) is 62.4 Å². The maximum Gasteiger partial charge on any atom is 0.196 e. The van der Waals surface area contributed by atoms with Crippen LogP contribution in [-0.2, 0) is 4.74 Å². The van der Waals surface area contributed by atoms with E-state index < -0.39 is 5.83 Å². The lowest BCUT2D eigenvalue weighted by Gasteiger charge is -2.31. The molecule has 0 aliphatic heterocycles. The molecular formula is C20H32FNO. The van der Waals surface area contributed by atoms with Gasteiger partial charge in [0, 0.05) is 6.61 Å². The van der Waals surface area contributed by atoms with Crippen LogP contribution in [0.15, 0.2) is 11.9 Å². The van der Waals surface area contributed by atoms with Crippen molar-refractivity contribution >= 4 is 0 Å². The summed E-state index contributed by atoms with van der Waals surface area (Å²) in [5, 5.41) is 8.49. The van der Waals surface area contributed by atoms with Gasteiger partial charge in [0.25, 0.3) is 0 Å². The second-order valence-corrected chi connectivity index (χ2v) is 7.53. The van der Waals surface area contributed by atoms with Gasteiger partial charge < -0.3 is 4.74 Å². The van der Waals surface area contributed by atoms with Crippen molar-refractivity contribution in [1.29, 1.82) is 5.26 Å². The summed E-state index contributed by atoms with van der Waals surface area (Å²) in [6.45, 7) is 3.19. The molecule has 0 spiro atoms.